The number of hydrogen-bond donors (Lipinski definition) is 1. The standard InChI is InChI=1S/C11H11ClN2O/c12-11-3-10(2-1-9(11)4-13)14-5-8(6-14)7-15/h1-3,8,15H,5-7H2. The van der Waals surface area contributed by atoms with Gasteiger partial charge in [-0.1, -0.05) is 11.6 Å². The minimum atomic E-state index is 0.237. The summed E-state index contributed by atoms with van der Waals surface area (Å²) in [6.07, 6.45) is 0. The molecule has 0 bridgehead atoms. The molecule has 1 aliphatic heterocycles. The fourth-order valence-electron chi connectivity index (χ4n) is 1.69. The van der Waals surface area contributed by atoms with Crippen LogP contribution in [-0.4, -0.2) is 24.8 Å². The number of halogens is 1. The van der Waals surface area contributed by atoms with Crippen LogP contribution in [0.3, 0.4) is 0 Å². The molecule has 0 amide bonds. The van der Waals surface area contributed by atoms with Crippen LogP contribution in [0.5, 0.6) is 0 Å². The number of aliphatic hydroxyl groups excluding tert-OH is 1. The highest BCUT2D eigenvalue weighted by Gasteiger charge is 2.26. The summed E-state index contributed by atoms with van der Waals surface area (Å²) in [5.74, 6) is 0.374. The average molecular weight is 223 g/mol. The van der Waals surface area contributed by atoms with Crippen molar-refractivity contribution >= 4 is 17.3 Å². The Hall–Kier alpha value is -1.24. The topological polar surface area (TPSA) is 47.3 Å². The van der Waals surface area contributed by atoms with E-state index >= 15 is 0 Å². The molecule has 1 fully saturated rings. The molecule has 0 spiro atoms. The zero-order valence-corrected chi connectivity index (χ0v) is 8.91. The minimum absolute atomic E-state index is 0.237. The van der Waals surface area contributed by atoms with E-state index in [0.717, 1.165) is 18.8 Å². The molecule has 78 valence electrons. The van der Waals surface area contributed by atoms with Crippen molar-refractivity contribution in [2.75, 3.05) is 24.6 Å². The number of aliphatic hydroxyl groups is 1. The number of nitrogens with zero attached hydrogens (tertiary/aromatic N) is 2. The van der Waals surface area contributed by atoms with Gasteiger partial charge in [0.05, 0.1) is 10.6 Å². The fraction of sp³-hybridized carbons (Fsp3) is 0.364. The highest BCUT2D eigenvalue weighted by molar-refractivity contribution is 6.32. The zero-order valence-electron chi connectivity index (χ0n) is 8.15. The molecule has 1 N–H and O–H groups in total. The van der Waals surface area contributed by atoms with Gasteiger partial charge in [0, 0.05) is 31.3 Å². The molecule has 4 heteroatoms. The van der Waals surface area contributed by atoms with Crippen molar-refractivity contribution in [2.24, 2.45) is 5.92 Å². The van der Waals surface area contributed by atoms with Gasteiger partial charge in [0.15, 0.2) is 0 Å². The van der Waals surface area contributed by atoms with Gasteiger partial charge in [-0.05, 0) is 18.2 Å². The molecule has 0 unspecified atom stereocenters. The molecule has 0 radical (unpaired) electrons. The summed E-state index contributed by atoms with van der Waals surface area (Å²) in [4.78, 5) is 2.13. The largest absolute Gasteiger partial charge is 0.396 e. The first kappa shape index (κ1) is 10.3. The van der Waals surface area contributed by atoms with Crippen LogP contribution in [0.1, 0.15) is 5.56 Å². The van der Waals surface area contributed by atoms with Crippen molar-refractivity contribution < 1.29 is 5.11 Å². The molecule has 1 aromatic carbocycles. The molecule has 0 aliphatic carbocycles. The van der Waals surface area contributed by atoms with Gasteiger partial charge in [0.1, 0.15) is 6.07 Å². The van der Waals surface area contributed by atoms with Gasteiger partial charge < -0.3 is 10.0 Å². The highest BCUT2D eigenvalue weighted by Crippen LogP contribution is 2.28. The van der Waals surface area contributed by atoms with Gasteiger partial charge in [0.2, 0.25) is 0 Å². The van der Waals surface area contributed by atoms with Gasteiger partial charge in [-0.15, -0.1) is 0 Å². The first-order valence-electron chi connectivity index (χ1n) is 4.80. The Labute approximate surface area is 93.5 Å². The van der Waals surface area contributed by atoms with Crippen molar-refractivity contribution in [1.82, 2.24) is 0 Å². The van der Waals surface area contributed by atoms with Crippen LogP contribution in [0.2, 0.25) is 5.02 Å². The van der Waals surface area contributed by atoms with E-state index in [1.165, 1.54) is 0 Å². The summed E-state index contributed by atoms with van der Waals surface area (Å²) in [5.41, 5.74) is 1.52. The molecule has 2 rings (SSSR count). The van der Waals surface area contributed by atoms with Crippen molar-refractivity contribution in [3.8, 4) is 6.07 Å². The second-order valence-corrected chi connectivity index (χ2v) is 4.14. The maximum absolute atomic E-state index is 8.89. The van der Waals surface area contributed by atoms with Crippen molar-refractivity contribution in [3.63, 3.8) is 0 Å². The Morgan fingerprint density at radius 1 is 1.53 bits per heavy atom. The molecular weight excluding hydrogens is 212 g/mol. The average Bonchev–Trinajstić information content (AvgIpc) is 2.16. The third kappa shape index (κ3) is 1.92. The maximum atomic E-state index is 8.89. The Balaban J connectivity index is 2.12. The van der Waals surface area contributed by atoms with Crippen LogP contribution < -0.4 is 4.90 Å². The van der Waals surface area contributed by atoms with Gasteiger partial charge in [-0.3, -0.25) is 0 Å². The molecule has 0 saturated carbocycles. The third-order valence-electron chi connectivity index (χ3n) is 2.65. The Morgan fingerprint density at radius 2 is 2.27 bits per heavy atom. The lowest BCUT2D eigenvalue weighted by Gasteiger charge is -2.40. The van der Waals surface area contributed by atoms with Crippen molar-refractivity contribution in [3.05, 3.63) is 28.8 Å². The Morgan fingerprint density at radius 3 is 2.80 bits per heavy atom. The summed E-state index contributed by atoms with van der Waals surface area (Å²) in [7, 11) is 0. The van der Waals surface area contributed by atoms with Crippen molar-refractivity contribution in [2.45, 2.75) is 0 Å². The fourth-order valence-corrected chi connectivity index (χ4v) is 1.90. The second kappa shape index (κ2) is 4.09. The molecule has 15 heavy (non-hydrogen) atoms. The van der Waals surface area contributed by atoms with Crippen LogP contribution in [0.25, 0.3) is 0 Å². The molecule has 1 heterocycles. The normalized spacial score (nSPS) is 15.9. The van der Waals surface area contributed by atoms with Crippen LogP contribution in [0.15, 0.2) is 18.2 Å². The second-order valence-electron chi connectivity index (χ2n) is 3.73. The van der Waals surface area contributed by atoms with Gasteiger partial charge in [-0.2, -0.15) is 5.26 Å². The van der Waals surface area contributed by atoms with E-state index in [2.05, 4.69) is 4.90 Å². The Bertz CT molecular complexity index is 408. The van der Waals surface area contributed by atoms with Crippen LogP contribution in [0, 0.1) is 17.2 Å². The van der Waals surface area contributed by atoms with Crippen LogP contribution >= 0.6 is 11.6 Å². The summed E-state index contributed by atoms with van der Waals surface area (Å²) < 4.78 is 0. The molecule has 0 aromatic heterocycles. The Kier molecular flexibility index (Phi) is 2.81. The molecule has 3 nitrogen and oxygen atoms in total. The number of anilines is 1. The van der Waals surface area contributed by atoms with E-state index in [9.17, 15) is 0 Å². The predicted molar refractivity (Wildman–Crippen MR) is 59.0 cm³/mol. The van der Waals surface area contributed by atoms with Crippen molar-refractivity contribution in [1.29, 1.82) is 5.26 Å². The minimum Gasteiger partial charge on any atom is -0.396 e. The summed E-state index contributed by atoms with van der Waals surface area (Å²) in [6, 6.07) is 7.44. The van der Waals surface area contributed by atoms with E-state index < -0.39 is 0 Å². The monoisotopic (exact) mass is 222 g/mol. The highest BCUT2D eigenvalue weighted by atomic mass is 35.5. The molecule has 1 aliphatic rings. The first-order valence-corrected chi connectivity index (χ1v) is 5.18. The molecule has 1 aromatic rings. The molecule has 1 saturated heterocycles. The van der Waals surface area contributed by atoms with Crippen LogP contribution in [-0.2, 0) is 0 Å². The quantitative estimate of drug-likeness (QED) is 0.828. The lowest BCUT2D eigenvalue weighted by Crippen LogP contribution is -2.48. The SMILES string of the molecule is N#Cc1ccc(N2CC(CO)C2)cc1Cl. The van der Waals surface area contributed by atoms with Crippen LogP contribution in [0.4, 0.5) is 5.69 Å². The van der Waals surface area contributed by atoms with Gasteiger partial charge in [0.25, 0.3) is 0 Å². The van der Waals surface area contributed by atoms with E-state index in [0.29, 0.717) is 16.5 Å². The zero-order chi connectivity index (χ0) is 10.8. The summed E-state index contributed by atoms with van der Waals surface area (Å²) in [5, 5.41) is 18.1. The third-order valence-corrected chi connectivity index (χ3v) is 2.97. The summed E-state index contributed by atoms with van der Waals surface area (Å²) in [6.45, 7) is 1.96. The lowest BCUT2D eigenvalue weighted by molar-refractivity contribution is 0.201. The molecular formula is C11H11ClN2O. The maximum Gasteiger partial charge on any atom is 0.101 e. The van der Waals surface area contributed by atoms with E-state index in [1.54, 1.807) is 12.1 Å². The molecule has 0 atom stereocenters. The smallest absolute Gasteiger partial charge is 0.101 e. The lowest BCUT2D eigenvalue weighted by atomic mass is 10.0. The number of benzene rings is 1. The number of hydrogen-bond acceptors (Lipinski definition) is 3. The summed E-state index contributed by atoms with van der Waals surface area (Å²) >= 11 is 5.93. The number of rotatable bonds is 2. The number of nitriles is 1. The van der Waals surface area contributed by atoms with Gasteiger partial charge >= 0.3 is 0 Å². The van der Waals surface area contributed by atoms with E-state index in [4.69, 9.17) is 22.0 Å². The first-order chi connectivity index (χ1) is 7.24. The van der Waals surface area contributed by atoms with E-state index in [1.807, 2.05) is 12.1 Å². The predicted octanol–water partition coefficient (Wildman–Crippen LogP) is 1.64. The van der Waals surface area contributed by atoms with Gasteiger partial charge in [-0.25, -0.2) is 0 Å². The van der Waals surface area contributed by atoms with E-state index in [-0.39, 0.29) is 6.61 Å².